The van der Waals surface area contributed by atoms with Crippen LogP contribution in [0.15, 0.2) is 72.9 Å². The summed E-state index contributed by atoms with van der Waals surface area (Å²) in [6.07, 6.45) is 35.2. The molecule has 0 aromatic heterocycles. The number of esters is 2. The Hall–Kier alpha value is -2.91. The van der Waals surface area contributed by atoms with Gasteiger partial charge in [-0.2, -0.15) is 8.42 Å². The Labute approximate surface area is 355 Å². The van der Waals surface area contributed by atoms with Crippen molar-refractivity contribution in [2.75, 3.05) is 19.0 Å². The predicted molar refractivity (Wildman–Crippen MR) is 233 cm³/mol. The van der Waals surface area contributed by atoms with E-state index in [2.05, 4.69) is 86.8 Å². The molecule has 0 radical (unpaired) electrons. The van der Waals surface area contributed by atoms with Crippen LogP contribution in [0.2, 0.25) is 0 Å². The van der Waals surface area contributed by atoms with Crippen molar-refractivity contribution in [3.8, 4) is 0 Å². The lowest BCUT2D eigenvalue weighted by molar-refractivity contribution is -0.297. The van der Waals surface area contributed by atoms with E-state index in [1.807, 2.05) is 0 Å². The molecule has 13 heteroatoms. The molecule has 1 heterocycles. The molecule has 0 aromatic rings. The Morgan fingerprint density at radius 1 is 0.593 bits per heavy atom. The minimum absolute atomic E-state index is 0.142. The molecule has 338 valence electrons. The molecule has 0 aromatic carbocycles. The molecule has 1 rings (SSSR count). The maximum absolute atomic E-state index is 12.8. The molecular weight excluding hydrogens is 777 g/mol. The van der Waals surface area contributed by atoms with Gasteiger partial charge in [-0.3, -0.25) is 14.1 Å². The van der Waals surface area contributed by atoms with Crippen molar-refractivity contribution in [2.45, 2.75) is 185 Å². The Morgan fingerprint density at radius 3 is 1.63 bits per heavy atom. The second-order valence-corrected chi connectivity index (χ2v) is 16.5. The molecule has 1 fully saturated rings. The number of hydrogen-bond donors (Lipinski definition) is 4. The Kier molecular flexibility index (Phi) is 32.8. The molecule has 1 aliphatic heterocycles. The van der Waals surface area contributed by atoms with Crippen LogP contribution in [-0.2, 0) is 38.7 Å². The van der Waals surface area contributed by atoms with E-state index in [-0.39, 0.29) is 19.4 Å². The smallest absolute Gasteiger partial charge is 0.306 e. The fourth-order valence-electron chi connectivity index (χ4n) is 6.11. The quantitative estimate of drug-likeness (QED) is 0.0206. The topological polar surface area (TPSA) is 186 Å². The van der Waals surface area contributed by atoms with Crippen LogP contribution in [0.1, 0.15) is 149 Å². The fourth-order valence-corrected chi connectivity index (χ4v) is 6.80. The van der Waals surface area contributed by atoms with Crippen LogP contribution in [0.5, 0.6) is 0 Å². The molecular formula is C46H76O12S. The van der Waals surface area contributed by atoms with Crippen LogP contribution in [-0.4, -0.2) is 96.0 Å². The molecule has 12 nitrogen and oxygen atoms in total. The van der Waals surface area contributed by atoms with Gasteiger partial charge in [-0.05, 0) is 83.5 Å². The van der Waals surface area contributed by atoms with Gasteiger partial charge in [-0.15, -0.1) is 0 Å². The SMILES string of the molecule is CC/C=C/C/C=C/C/C=C/C/C=C/C/C=C/CCCCCC(=O)OC[C@H](CO[C@H]1O[C@H](CS(=O)(=O)O)[C@@H](O)C(O)C1O)OC(=O)CCCCCCC/C=C/CCCCC. The Bertz CT molecular complexity index is 1370. The van der Waals surface area contributed by atoms with Crippen LogP contribution in [0, 0.1) is 0 Å². The molecule has 1 saturated heterocycles. The first-order chi connectivity index (χ1) is 28.5. The molecule has 0 saturated carbocycles. The number of aliphatic hydroxyl groups excluding tert-OH is 3. The third kappa shape index (κ3) is 30.7. The lowest BCUT2D eigenvalue weighted by atomic mass is 10.00. The van der Waals surface area contributed by atoms with E-state index in [0.717, 1.165) is 89.9 Å². The van der Waals surface area contributed by atoms with E-state index in [1.165, 1.54) is 19.3 Å². The molecule has 0 amide bonds. The van der Waals surface area contributed by atoms with E-state index >= 15 is 0 Å². The van der Waals surface area contributed by atoms with Gasteiger partial charge in [0.25, 0.3) is 10.1 Å². The lowest BCUT2D eigenvalue weighted by Crippen LogP contribution is -2.60. The second kappa shape index (κ2) is 35.8. The standard InChI is InChI=1S/C46H76O12S/c1-3-5-7-9-11-13-15-17-18-19-20-21-22-23-25-26-28-30-32-34-41(47)55-36-39(37-56-46-45(51)44(50)43(49)40(58-46)38-59(52,53)54)57-42(48)35-33-31-29-27-24-16-14-12-10-8-6-4-2/h5,7,11-14,17-18,20-21,23,25,39-40,43-46,49-51H,3-4,6,8-10,15-16,19,22,24,26-38H2,1-2H3,(H,52,53,54)/b7-5+,13-11+,14-12+,18-17+,21-20+,25-23+/t39-,40-,43-,44?,45?,46+/m1/s1. The Balaban J connectivity index is 2.48. The third-order valence-corrected chi connectivity index (χ3v) is 10.3. The van der Waals surface area contributed by atoms with E-state index in [9.17, 15) is 37.9 Å². The van der Waals surface area contributed by atoms with Crippen molar-refractivity contribution in [1.82, 2.24) is 0 Å². The van der Waals surface area contributed by atoms with E-state index in [4.69, 9.17) is 18.9 Å². The van der Waals surface area contributed by atoms with Crippen LogP contribution >= 0.6 is 0 Å². The molecule has 0 aliphatic carbocycles. The van der Waals surface area contributed by atoms with Crippen molar-refractivity contribution in [3.05, 3.63) is 72.9 Å². The maximum Gasteiger partial charge on any atom is 0.306 e. The van der Waals surface area contributed by atoms with E-state index in [0.29, 0.717) is 12.8 Å². The average molecular weight is 853 g/mol. The minimum Gasteiger partial charge on any atom is -0.462 e. The molecule has 0 bridgehead atoms. The van der Waals surface area contributed by atoms with Crippen molar-refractivity contribution in [3.63, 3.8) is 0 Å². The normalized spacial score (nSPS) is 20.9. The van der Waals surface area contributed by atoms with E-state index < -0.39 is 71.2 Å². The third-order valence-electron chi connectivity index (χ3n) is 9.52. The number of ether oxygens (including phenoxy) is 4. The van der Waals surface area contributed by atoms with Gasteiger partial charge < -0.3 is 34.3 Å². The highest BCUT2D eigenvalue weighted by atomic mass is 32.2. The van der Waals surface area contributed by atoms with Gasteiger partial charge in [0.1, 0.15) is 36.8 Å². The summed E-state index contributed by atoms with van der Waals surface area (Å²) >= 11 is 0. The van der Waals surface area contributed by atoms with E-state index in [1.54, 1.807) is 0 Å². The number of hydrogen-bond acceptors (Lipinski definition) is 11. The number of allylic oxidation sites excluding steroid dienone is 12. The molecule has 0 spiro atoms. The first kappa shape index (κ1) is 54.1. The summed E-state index contributed by atoms with van der Waals surface area (Å²) in [6, 6.07) is 0. The van der Waals surface area contributed by atoms with Crippen molar-refractivity contribution in [2.24, 2.45) is 0 Å². The van der Waals surface area contributed by atoms with Crippen LogP contribution in [0.4, 0.5) is 0 Å². The van der Waals surface area contributed by atoms with Crippen molar-refractivity contribution in [1.29, 1.82) is 0 Å². The van der Waals surface area contributed by atoms with Gasteiger partial charge in [0, 0.05) is 12.8 Å². The summed E-state index contributed by atoms with van der Waals surface area (Å²) < 4.78 is 53.9. The zero-order valence-electron chi connectivity index (χ0n) is 35.8. The summed E-state index contributed by atoms with van der Waals surface area (Å²) in [4.78, 5) is 25.3. The molecule has 1 aliphatic rings. The number of aliphatic hydroxyl groups is 3. The summed E-state index contributed by atoms with van der Waals surface area (Å²) in [6.45, 7) is 3.56. The monoisotopic (exact) mass is 853 g/mol. The maximum atomic E-state index is 12.8. The zero-order chi connectivity index (χ0) is 43.4. The second-order valence-electron chi connectivity index (χ2n) is 15.0. The number of carbonyl (C=O) groups is 2. The van der Waals surface area contributed by atoms with Gasteiger partial charge in [0.05, 0.1) is 6.61 Å². The number of unbranched alkanes of at least 4 members (excludes halogenated alkanes) is 11. The first-order valence-corrected chi connectivity index (χ1v) is 23.6. The van der Waals surface area contributed by atoms with Gasteiger partial charge >= 0.3 is 11.9 Å². The highest BCUT2D eigenvalue weighted by Crippen LogP contribution is 2.24. The van der Waals surface area contributed by atoms with Gasteiger partial charge in [0.15, 0.2) is 12.4 Å². The summed E-state index contributed by atoms with van der Waals surface area (Å²) in [5, 5.41) is 30.8. The van der Waals surface area contributed by atoms with Crippen LogP contribution in [0.3, 0.4) is 0 Å². The average Bonchev–Trinajstić information content (AvgIpc) is 3.20. The first-order valence-electron chi connectivity index (χ1n) is 22.0. The number of carbonyl (C=O) groups excluding carboxylic acids is 2. The molecule has 2 unspecified atom stereocenters. The largest absolute Gasteiger partial charge is 0.462 e. The molecule has 6 atom stereocenters. The lowest BCUT2D eigenvalue weighted by Gasteiger charge is -2.40. The highest BCUT2D eigenvalue weighted by Gasteiger charge is 2.46. The van der Waals surface area contributed by atoms with Crippen LogP contribution in [0.25, 0.3) is 0 Å². The summed E-state index contributed by atoms with van der Waals surface area (Å²) in [7, 11) is -4.61. The van der Waals surface area contributed by atoms with Gasteiger partial charge in [-0.1, -0.05) is 125 Å². The minimum atomic E-state index is -4.61. The molecule has 4 N–H and O–H groups in total. The van der Waals surface area contributed by atoms with Crippen molar-refractivity contribution < 1.29 is 56.8 Å². The van der Waals surface area contributed by atoms with Gasteiger partial charge in [0.2, 0.25) is 0 Å². The Morgan fingerprint density at radius 2 is 1.07 bits per heavy atom. The zero-order valence-corrected chi connectivity index (χ0v) is 36.6. The van der Waals surface area contributed by atoms with Crippen LogP contribution < -0.4 is 0 Å². The summed E-state index contributed by atoms with van der Waals surface area (Å²) in [5.74, 6) is -2.05. The fraction of sp³-hybridized carbons (Fsp3) is 0.696. The highest BCUT2D eigenvalue weighted by molar-refractivity contribution is 7.85. The summed E-state index contributed by atoms with van der Waals surface area (Å²) in [5.41, 5.74) is 0. The van der Waals surface area contributed by atoms with Crippen molar-refractivity contribution >= 4 is 22.1 Å². The predicted octanol–water partition coefficient (Wildman–Crippen LogP) is 8.72. The number of rotatable bonds is 35. The van der Waals surface area contributed by atoms with Gasteiger partial charge in [-0.25, -0.2) is 0 Å². The molecule has 59 heavy (non-hydrogen) atoms.